The fraction of sp³-hybridized carbons (Fsp3) is 0.0169. The zero-order valence-corrected chi connectivity index (χ0v) is 34.6. The van der Waals surface area contributed by atoms with Gasteiger partial charge in [0.25, 0.3) is 0 Å². The van der Waals surface area contributed by atoms with Gasteiger partial charge in [-0.05, 0) is 92.0 Å². The van der Waals surface area contributed by atoms with Gasteiger partial charge in [-0.25, -0.2) is 19.9 Å². The van der Waals surface area contributed by atoms with Crippen LogP contribution in [0.15, 0.2) is 224 Å². The largest absolute Gasteiger partial charge is 0.292 e. The molecule has 2 heterocycles. The van der Waals surface area contributed by atoms with Crippen LogP contribution in [0.5, 0.6) is 0 Å². The Morgan fingerprint density at radius 3 is 1.41 bits per heavy atom. The summed E-state index contributed by atoms with van der Waals surface area (Å²) in [4.78, 5) is 20.4. The van der Waals surface area contributed by atoms with Crippen molar-refractivity contribution in [3.63, 3.8) is 0 Å². The molecule has 5 heteroatoms. The van der Waals surface area contributed by atoms with Crippen molar-refractivity contribution in [3.05, 3.63) is 247 Å². The summed E-state index contributed by atoms with van der Waals surface area (Å²) in [5.41, 5.74) is 19.1. The summed E-state index contributed by atoms with van der Waals surface area (Å²) >= 11 is 0. The molecule has 0 bridgehead atoms. The lowest BCUT2D eigenvalue weighted by molar-refractivity contribution is 0.794. The van der Waals surface area contributed by atoms with Crippen molar-refractivity contribution in [1.82, 2.24) is 24.5 Å². The first-order valence-corrected chi connectivity index (χ1v) is 21.7. The van der Waals surface area contributed by atoms with E-state index in [4.69, 9.17) is 19.9 Å². The Morgan fingerprint density at radius 1 is 0.297 bits per heavy atom. The molecule has 0 aliphatic heterocycles. The zero-order valence-electron chi connectivity index (χ0n) is 34.6. The second-order valence-electron chi connectivity index (χ2n) is 16.6. The van der Waals surface area contributed by atoms with Crippen LogP contribution >= 0.6 is 0 Å². The van der Waals surface area contributed by atoms with Crippen molar-refractivity contribution in [1.29, 1.82) is 0 Å². The molecule has 2 aromatic heterocycles. The van der Waals surface area contributed by atoms with Gasteiger partial charge in [-0.3, -0.25) is 4.57 Å². The smallest absolute Gasteiger partial charge is 0.164 e. The monoisotopic (exact) mass is 815 g/mol. The maximum atomic E-state index is 5.32. The number of imidazole rings is 1. The molecule has 64 heavy (non-hydrogen) atoms. The van der Waals surface area contributed by atoms with Crippen LogP contribution in [-0.2, 0) is 5.41 Å². The molecule has 0 amide bonds. The summed E-state index contributed by atoms with van der Waals surface area (Å²) in [7, 11) is 0. The SMILES string of the molecule is c1ccc(-c2nc(-c3ccccc3)nc(-c3cccc(-n4c(-c5cccc(-c6ccc7c(c6)C6(c8ccccc8-c8ccccc86)c6ccccc6-7)c5)nc5ccccc54)c3)n2)cc1. The minimum absolute atomic E-state index is 0.409. The van der Waals surface area contributed by atoms with Gasteiger partial charge in [0, 0.05) is 27.9 Å². The van der Waals surface area contributed by atoms with Gasteiger partial charge in [0.1, 0.15) is 5.82 Å². The van der Waals surface area contributed by atoms with Gasteiger partial charge in [0.15, 0.2) is 17.5 Å². The molecule has 298 valence electrons. The highest BCUT2D eigenvalue weighted by Crippen LogP contribution is 2.63. The summed E-state index contributed by atoms with van der Waals surface area (Å²) in [6, 6.07) is 79.8. The van der Waals surface area contributed by atoms with E-state index in [1.165, 1.54) is 44.5 Å². The summed E-state index contributed by atoms with van der Waals surface area (Å²) in [6.45, 7) is 0. The molecular weight excluding hydrogens is 779 g/mol. The van der Waals surface area contributed by atoms with Crippen LogP contribution < -0.4 is 0 Å². The van der Waals surface area contributed by atoms with Crippen molar-refractivity contribution >= 4 is 11.0 Å². The predicted molar refractivity (Wildman–Crippen MR) is 258 cm³/mol. The van der Waals surface area contributed by atoms with E-state index < -0.39 is 5.41 Å². The third-order valence-electron chi connectivity index (χ3n) is 13.1. The number of benzene rings is 9. The van der Waals surface area contributed by atoms with E-state index in [9.17, 15) is 0 Å². The minimum atomic E-state index is -0.409. The van der Waals surface area contributed by atoms with E-state index in [0.29, 0.717) is 17.5 Å². The molecule has 2 aliphatic rings. The second kappa shape index (κ2) is 14.3. The van der Waals surface area contributed by atoms with E-state index >= 15 is 0 Å². The maximum absolute atomic E-state index is 5.32. The Bertz CT molecular complexity index is 3510. The summed E-state index contributed by atoms with van der Waals surface area (Å²) in [5.74, 6) is 2.72. The Hall–Kier alpha value is -8.54. The van der Waals surface area contributed by atoms with E-state index in [-0.39, 0.29) is 0 Å². The molecule has 0 N–H and O–H groups in total. The Balaban J connectivity index is 0.950. The van der Waals surface area contributed by atoms with Crippen molar-refractivity contribution in [2.75, 3.05) is 0 Å². The van der Waals surface area contributed by atoms with Gasteiger partial charge in [-0.15, -0.1) is 0 Å². The highest BCUT2D eigenvalue weighted by atomic mass is 15.1. The van der Waals surface area contributed by atoms with E-state index in [1.807, 2.05) is 60.7 Å². The van der Waals surface area contributed by atoms with Gasteiger partial charge < -0.3 is 0 Å². The van der Waals surface area contributed by atoms with Crippen LogP contribution in [0.3, 0.4) is 0 Å². The van der Waals surface area contributed by atoms with Crippen LogP contribution in [0, 0.1) is 0 Å². The third kappa shape index (κ3) is 5.44. The van der Waals surface area contributed by atoms with Crippen molar-refractivity contribution in [2.45, 2.75) is 5.41 Å². The van der Waals surface area contributed by atoms with Crippen LogP contribution in [0.2, 0.25) is 0 Å². The topological polar surface area (TPSA) is 56.5 Å². The number of fused-ring (bicyclic) bond motifs is 11. The Kier molecular flexibility index (Phi) is 8.06. The fourth-order valence-corrected chi connectivity index (χ4v) is 10.3. The highest BCUT2D eigenvalue weighted by Gasteiger charge is 2.51. The number of hydrogen-bond donors (Lipinski definition) is 0. The number of hydrogen-bond acceptors (Lipinski definition) is 4. The first-order chi connectivity index (χ1) is 31.7. The number of para-hydroxylation sites is 2. The van der Waals surface area contributed by atoms with Crippen molar-refractivity contribution < 1.29 is 0 Å². The summed E-state index contributed by atoms with van der Waals surface area (Å²) in [5, 5.41) is 0. The lowest BCUT2D eigenvalue weighted by Crippen LogP contribution is -2.25. The number of aromatic nitrogens is 5. The third-order valence-corrected chi connectivity index (χ3v) is 13.1. The molecule has 11 aromatic rings. The Morgan fingerprint density at radius 2 is 0.766 bits per heavy atom. The first kappa shape index (κ1) is 36.1. The highest BCUT2D eigenvalue weighted by molar-refractivity contribution is 5.96. The molecule has 0 saturated carbocycles. The standard InChI is InChI=1S/C59H37N5/c1-3-17-38(18-4-1)55-61-56(39-19-5-2-6-20-39)63-57(62-55)42-22-16-24-44(36-42)64-54-32-14-13-31-53(54)60-58(64)43-23-15-21-40(35-43)41-33-34-48-47-27-9-12-30-51(47)59(52(48)37-41)49-28-10-7-25-45(49)46-26-8-11-29-50(46)59/h1-37H. The maximum Gasteiger partial charge on any atom is 0.164 e. The molecule has 13 rings (SSSR count). The lowest BCUT2D eigenvalue weighted by Gasteiger charge is -2.30. The van der Waals surface area contributed by atoms with E-state index in [0.717, 1.165) is 55.9 Å². The molecule has 9 aromatic carbocycles. The quantitative estimate of drug-likeness (QED) is 0.168. The molecule has 1 spiro atoms. The average molecular weight is 816 g/mol. The normalized spacial score (nSPS) is 12.8. The van der Waals surface area contributed by atoms with Gasteiger partial charge >= 0.3 is 0 Å². The summed E-state index contributed by atoms with van der Waals surface area (Å²) in [6.07, 6.45) is 0. The summed E-state index contributed by atoms with van der Waals surface area (Å²) < 4.78 is 2.26. The van der Waals surface area contributed by atoms with E-state index in [2.05, 4.69) is 168 Å². The van der Waals surface area contributed by atoms with Crippen molar-refractivity contribution in [3.8, 4) is 84.6 Å². The molecule has 5 nitrogen and oxygen atoms in total. The molecule has 0 atom stereocenters. The molecule has 0 saturated heterocycles. The van der Waals surface area contributed by atoms with Crippen LogP contribution in [0.1, 0.15) is 22.3 Å². The Labute approximate surface area is 370 Å². The first-order valence-electron chi connectivity index (χ1n) is 21.7. The van der Waals surface area contributed by atoms with Gasteiger partial charge in [-0.1, -0.05) is 188 Å². The number of rotatable bonds is 6. The fourth-order valence-electron chi connectivity index (χ4n) is 10.3. The van der Waals surface area contributed by atoms with Crippen LogP contribution in [-0.4, -0.2) is 24.5 Å². The van der Waals surface area contributed by atoms with Gasteiger partial charge in [-0.2, -0.15) is 0 Å². The molecule has 0 unspecified atom stereocenters. The molecule has 0 fully saturated rings. The number of nitrogens with zero attached hydrogens (tertiary/aromatic N) is 5. The van der Waals surface area contributed by atoms with Gasteiger partial charge in [0.05, 0.1) is 16.4 Å². The predicted octanol–water partition coefficient (Wildman–Crippen LogP) is 13.9. The lowest BCUT2D eigenvalue weighted by atomic mass is 9.70. The second-order valence-corrected chi connectivity index (χ2v) is 16.6. The van der Waals surface area contributed by atoms with Crippen molar-refractivity contribution in [2.24, 2.45) is 0 Å². The van der Waals surface area contributed by atoms with E-state index in [1.54, 1.807) is 0 Å². The molecule has 2 aliphatic carbocycles. The van der Waals surface area contributed by atoms with Gasteiger partial charge in [0.2, 0.25) is 0 Å². The molecular formula is C59H37N5. The van der Waals surface area contributed by atoms with Crippen LogP contribution in [0.4, 0.5) is 0 Å². The minimum Gasteiger partial charge on any atom is -0.292 e. The zero-order chi connectivity index (χ0) is 42.2. The molecule has 0 radical (unpaired) electrons. The average Bonchev–Trinajstić information content (AvgIpc) is 4.01. The van der Waals surface area contributed by atoms with Crippen LogP contribution in [0.25, 0.3) is 95.7 Å².